The van der Waals surface area contributed by atoms with Crippen LogP contribution in [0.1, 0.15) is 26.3 Å². The van der Waals surface area contributed by atoms with Gasteiger partial charge in [-0.2, -0.15) is 8.61 Å². The van der Waals surface area contributed by atoms with Gasteiger partial charge in [-0.15, -0.1) is 0 Å². The summed E-state index contributed by atoms with van der Waals surface area (Å²) in [7, 11) is -4.23. The average Bonchev–Trinajstić information content (AvgIpc) is 2.96. The number of hydrogen-bond acceptors (Lipinski definition) is 8. The minimum absolute atomic E-state index is 0.0396. The number of aliphatic hydroxyl groups excluding tert-OH is 1. The van der Waals surface area contributed by atoms with E-state index in [4.69, 9.17) is 4.74 Å². The Kier molecular flexibility index (Phi) is 12.5. The third-order valence-corrected chi connectivity index (χ3v) is 11.4. The Morgan fingerprint density at radius 3 is 2.12 bits per heavy atom. The highest BCUT2D eigenvalue weighted by Gasteiger charge is 2.34. The van der Waals surface area contributed by atoms with Crippen molar-refractivity contribution in [3.05, 3.63) is 60.2 Å². The predicted octanol–water partition coefficient (Wildman–Crippen LogP) is 1.64. The average molecular weight is 639 g/mol. The quantitative estimate of drug-likeness (QED) is 0.301. The van der Waals surface area contributed by atoms with Gasteiger partial charge in [0.05, 0.1) is 35.8 Å². The van der Waals surface area contributed by atoms with E-state index in [9.17, 15) is 26.7 Å². The van der Waals surface area contributed by atoms with Crippen LogP contribution in [0.15, 0.2) is 59.5 Å². The number of likely N-dealkylation sites (N-methyl/N-ethyl adjacent to an activating group) is 1. The SMILES string of the molecule is COc1ccc(S(=O)(=O)N(CC(C)C)CC(O)[C@H](Cc2ccccc2)NC(=O)[C@H](C)CS(=O)(=O)N2CCN(C)CC2)cc1. The van der Waals surface area contributed by atoms with Gasteiger partial charge in [0.2, 0.25) is 26.0 Å². The van der Waals surface area contributed by atoms with E-state index >= 15 is 0 Å². The molecule has 2 aromatic rings. The molecular formula is C30H46N4O7S2. The number of carbonyl (C=O) groups is 1. The molecule has 2 aromatic carbocycles. The van der Waals surface area contributed by atoms with Crippen molar-refractivity contribution < 1.29 is 31.5 Å². The minimum atomic E-state index is -3.99. The van der Waals surface area contributed by atoms with Crippen LogP contribution >= 0.6 is 0 Å². The topological polar surface area (TPSA) is 137 Å². The van der Waals surface area contributed by atoms with Crippen molar-refractivity contribution in [3.8, 4) is 5.75 Å². The number of sulfonamides is 2. The van der Waals surface area contributed by atoms with E-state index in [2.05, 4.69) is 10.2 Å². The molecule has 3 rings (SSSR count). The molecule has 1 aliphatic heterocycles. The van der Waals surface area contributed by atoms with E-state index in [0.29, 0.717) is 31.9 Å². The molecule has 0 aromatic heterocycles. The number of nitrogens with zero attached hydrogens (tertiary/aromatic N) is 3. The molecule has 0 saturated carbocycles. The molecule has 0 spiro atoms. The van der Waals surface area contributed by atoms with Crippen LogP contribution in [0.25, 0.3) is 0 Å². The fourth-order valence-corrected chi connectivity index (χ4v) is 8.29. The Balaban J connectivity index is 1.80. The number of methoxy groups -OCH3 is 1. The van der Waals surface area contributed by atoms with Gasteiger partial charge in [-0.05, 0) is 49.2 Å². The van der Waals surface area contributed by atoms with Crippen LogP contribution in [0, 0.1) is 11.8 Å². The van der Waals surface area contributed by atoms with Crippen LogP contribution in [0.4, 0.5) is 0 Å². The van der Waals surface area contributed by atoms with Crippen LogP contribution in [0.3, 0.4) is 0 Å². The number of nitrogens with one attached hydrogen (secondary N) is 1. The molecular weight excluding hydrogens is 592 g/mol. The maximum atomic E-state index is 13.7. The number of hydrogen-bond donors (Lipinski definition) is 2. The molecule has 2 N–H and O–H groups in total. The van der Waals surface area contributed by atoms with Gasteiger partial charge in [0.15, 0.2) is 0 Å². The maximum Gasteiger partial charge on any atom is 0.243 e. The minimum Gasteiger partial charge on any atom is -0.497 e. The highest BCUT2D eigenvalue weighted by Crippen LogP contribution is 2.22. The van der Waals surface area contributed by atoms with Crippen molar-refractivity contribution in [2.75, 3.05) is 59.2 Å². The van der Waals surface area contributed by atoms with Crippen LogP contribution in [0.2, 0.25) is 0 Å². The molecule has 240 valence electrons. The smallest absolute Gasteiger partial charge is 0.243 e. The maximum absolute atomic E-state index is 13.7. The summed E-state index contributed by atoms with van der Waals surface area (Å²) in [6.45, 7) is 7.19. The van der Waals surface area contributed by atoms with E-state index in [-0.39, 0.29) is 36.1 Å². The lowest BCUT2D eigenvalue weighted by Gasteiger charge is -2.33. The first-order valence-corrected chi connectivity index (χ1v) is 17.6. The van der Waals surface area contributed by atoms with E-state index in [1.165, 1.54) is 27.9 Å². The third kappa shape index (κ3) is 9.98. The van der Waals surface area contributed by atoms with Gasteiger partial charge in [0.25, 0.3) is 0 Å². The van der Waals surface area contributed by atoms with Crippen molar-refractivity contribution in [2.45, 2.75) is 44.2 Å². The van der Waals surface area contributed by atoms with Crippen molar-refractivity contribution >= 4 is 26.0 Å². The molecule has 0 aliphatic carbocycles. The number of amides is 1. The molecule has 1 amide bonds. The van der Waals surface area contributed by atoms with Crippen molar-refractivity contribution in [2.24, 2.45) is 11.8 Å². The lowest BCUT2D eigenvalue weighted by atomic mass is 10.00. The predicted molar refractivity (Wildman–Crippen MR) is 167 cm³/mol. The summed E-state index contributed by atoms with van der Waals surface area (Å²) in [6, 6.07) is 14.4. The summed E-state index contributed by atoms with van der Waals surface area (Å²) < 4.78 is 61.2. The number of ether oxygens (including phenoxy) is 1. The monoisotopic (exact) mass is 638 g/mol. The van der Waals surface area contributed by atoms with Crippen LogP contribution in [0.5, 0.6) is 5.75 Å². The Labute approximate surface area is 256 Å². The van der Waals surface area contributed by atoms with Crippen LogP contribution in [-0.4, -0.2) is 113 Å². The third-order valence-electron chi connectivity index (χ3n) is 7.51. The largest absolute Gasteiger partial charge is 0.497 e. The van der Waals surface area contributed by atoms with Gasteiger partial charge in [-0.3, -0.25) is 4.79 Å². The van der Waals surface area contributed by atoms with Crippen LogP contribution < -0.4 is 10.1 Å². The summed E-state index contributed by atoms with van der Waals surface area (Å²) in [4.78, 5) is 15.5. The number of carbonyl (C=O) groups excluding carboxylic acids is 1. The first kappa shape index (κ1) is 34.9. The van der Waals surface area contributed by atoms with E-state index in [0.717, 1.165) is 5.56 Å². The zero-order valence-corrected chi connectivity index (χ0v) is 27.4. The second-order valence-electron chi connectivity index (χ2n) is 11.6. The summed E-state index contributed by atoms with van der Waals surface area (Å²) in [5.74, 6) is -1.29. The lowest BCUT2D eigenvalue weighted by molar-refractivity contribution is -0.125. The van der Waals surface area contributed by atoms with Crippen molar-refractivity contribution in [1.29, 1.82) is 0 Å². The Hall–Kier alpha value is -2.55. The zero-order chi connectivity index (χ0) is 31.8. The summed E-state index contributed by atoms with van der Waals surface area (Å²) in [6.07, 6.45) is -1.05. The molecule has 1 unspecified atom stereocenters. The molecule has 0 bridgehead atoms. The molecule has 1 heterocycles. The highest BCUT2D eigenvalue weighted by molar-refractivity contribution is 7.89. The number of piperazine rings is 1. The molecule has 1 aliphatic rings. The Bertz CT molecular complexity index is 1380. The molecule has 1 saturated heterocycles. The van der Waals surface area contributed by atoms with E-state index < -0.39 is 44.0 Å². The molecule has 11 nitrogen and oxygen atoms in total. The standard InChI is InChI=1S/C30H46N4O7S2/c1-23(2)20-34(43(39,40)27-13-11-26(41-5)12-14-27)21-29(35)28(19-25-9-7-6-8-10-25)31-30(36)24(3)22-42(37,38)33-17-15-32(4)16-18-33/h6-14,23-24,28-29,35H,15-22H2,1-5H3,(H,31,36)/t24-,28+,29?/m1/s1. The molecule has 13 heteroatoms. The Morgan fingerprint density at radius 2 is 1.56 bits per heavy atom. The first-order valence-electron chi connectivity index (χ1n) is 14.6. The summed E-state index contributed by atoms with van der Waals surface area (Å²) in [5.41, 5.74) is 0.831. The molecule has 3 atom stereocenters. The van der Waals surface area contributed by atoms with Crippen molar-refractivity contribution in [1.82, 2.24) is 18.8 Å². The first-order chi connectivity index (χ1) is 20.2. The van der Waals surface area contributed by atoms with Gasteiger partial charge in [-0.1, -0.05) is 51.1 Å². The summed E-state index contributed by atoms with van der Waals surface area (Å²) in [5, 5.41) is 14.3. The zero-order valence-electron chi connectivity index (χ0n) is 25.7. The Morgan fingerprint density at radius 1 is 0.953 bits per heavy atom. The lowest BCUT2D eigenvalue weighted by Crippen LogP contribution is -2.53. The molecule has 0 radical (unpaired) electrons. The van der Waals surface area contributed by atoms with Gasteiger partial charge < -0.3 is 20.1 Å². The fraction of sp³-hybridized carbons (Fsp3) is 0.567. The van der Waals surface area contributed by atoms with Gasteiger partial charge in [0.1, 0.15) is 5.75 Å². The molecule has 1 fully saturated rings. The van der Waals surface area contributed by atoms with Gasteiger partial charge >= 0.3 is 0 Å². The number of rotatable bonds is 15. The number of benzene rings is 2. The summed E-state index contributed by atoms with van der Waals surface area (Å²) >= 11 is 0. The van der Waals surface area contributed by atoms with E-state index in [1.807, 2.05) is 51.2 Å². The van der Waals surface area contributed by atoms with E-state index in [1.54, 1.807) is 19.1 Å². The fourth-order valence-electron chi connectivity index (χ4n) is 4.95. The van der Waals surface area contributed by atoms with Gasteiger partial charge in [-0.25, -0.2) is 16.8 Å². The number of aliphatic hydroxyl groups is 1. The van der Waals surface area contributed by atoms with Crippen molar-refractivity contribution in [3.63, 3.8) is 0 Å². The molecule has 43 heavy (non-hydrogen) atoms. The second-order valence-corrected chi connectivity index (χ2v) is 15.6. The van der Waals surface area contributed by atoms with Crippen LogP contribution in [-0.2, 0) is 31.3 Å². The van der Waals surface area contributed by atoms with Gasteiger partial charge in [0, 0.05) is 39.3 Å². The normalized spacial score (nSPS) is 17.5. The second kappa shape index (κ2) is 15.4. The highest BCUT2D eigenvalue weighted by atomic mass is 32.2.